The monoisotopic (exact) mass is 283 g/mol. The summed E-state index contributed by atoms with van der Waals surface area (Å²) in [6.07, 6.45) is 4.18. The molecule has 1 saturated carbocycles. The van der Waals surface area contributed by atoms with Crippen LogP contribution in [0.3, 0.4) is 0 Å². The molecule has 110 valence electrons. The number of hydrogen-bond donors (Lipinski definition) is 1. The molecule has 2 aromatic carbocycles. The quantitative estimate of drug-likeness (QED) is 0.914. The molecule has 0 heterocycles. The van der Waals surface area contributed by atoms with Gasteiger partial charge in [0.25, 0.3) is 0 Å². The zero-order valence-electron chi connectivity index (χ0n) is 12.4. The van der Waals surface area contributed by atoms with Gasteiger partial charge < -0.3 is 10.1 Å². The average Bonchev–Trinajstić information content (AvgIpc) is 2.44. The molecule has 1 aliphatic carbocycles. The number of carbonyl (C=O) groups is 1. The molecule has 1 amide bonds. The number of benzene rings is 2. The summed E-state index contributed by atoms with van der Waals surface area (Å²) < 4.78 is 5.26. The van der Waals surface area contributed by atoms with E-state index in [1.165, 1.54) is 22.8 Å². The summed E-state index contributed by atoms with van der Waals surface area (Å²) in [7, 11) is 1.68. The Bertz CT molecular complexity index is 647. The highest BCUT2D eigenvalue weighted by Crippen LogP contribution is 2.26. The van der Waals surface area contributed by atoms with Crippen LogP contribution in [0.25, 0.3) is 10.8 Å². The van der Waals surface area contributed by atoms with Crippen molar-refractivity contribution in [3.8, 4) is 5.75 Å². The van der Waals surface area contributed by atoms with E-state index < -0.39 is 0 Å². The van der Waals surface area contributed by atoms with Crippen LogP contribution in [-0.2, 0) is 11.2 Å². The molecule has 0 aliphatic heterocycles. The molecule has 0 unspecified atom stereocenters. The zero-order valence-corrected chi connectivity index (χ0v) is 12.4. The number of hydrogen-bond acceptors (Lipinski definition) is 2. The minimum absolute atomic E-state index is 0.226. The summed E-state index contributed by atoms with van der Waals surface area (Å²) in [5.74, 6) is 1.37. The first-order valence-electron chi connectivity index (χ1n) is 7.60. The predicted molar refractivity (Wildman–Crippen MR) is 84.6 cm³/mol. The summed E-state index contributed by atoms with van der Waals surface area (Å²) in [5, 5.41) is 5.42. The molecule has 0 spiro atoms. The average molecular weight is 283 g/mol. The third-order valence-corrected chi connectivity index (χ3v) is 4.30. The van der Waals surface area contributed by atoms with E-state index in [4.69, 9.17) is 4.74 Å². The molecular weight excluding hydrogens is 262 g/mol. The van der Waals surface area contributed by atoms with Gasteiger partial charge in [0.15, 0.2) is 0 Å². The van der Waals surface area contributed by atoms with Crippen molar-refractivity contribution in [1.82, 2.24) is 5.32 Å². The van der Waals surface area contributed by atoms with E-state index in [2.05, 4.69) is 29.6 Å². The Hall–Kier alpha value is -2.03. The maximum absolute atomic E-state index is 11.8. The molecule has 21 heavy (non-hydrogen) atoms. The normalized spacial score (nSPS) is 14.7. The fourth-order valence-corrected chi connectivity index (χ4v) is 2.70. The standard InChI is InChI=1S/C18H21NO2/c1-21-17-8-7-14-6-5-13(11-16(14)12-17)9-10-19-18(20)15-3-2-4-15/h5-8,11-12,15H,2-4,9-10H2,1H3,(H,19,20). The molecule has 0 aromatic heterocycles. The highest BCUT2D eigenvalue weighted by molar-refractivity contribution is 5.84. The molecular formula is C18H21NO2. The first-order valence-corrected chi connectivity index (χ1v) is 7.60. The summed E-state index contributed by atoms with van der Waals surface area (Å²) >= 11 is 0. The van der Waals surface area contributed by atoms with Crippen molar-refractivity contribution in [1.29, 1.82) is 0 Å². The van der Waals surface area contributed by atoms with E-state index in [1.807, 2.05) is 12.1 Å². The van der Waals surface area contributed by atoms with Crippen molar-refractivity contribution < 1.29 is 9.53 Å². The molecule has 1 aliphatic rings. The van der Waals surface area contributed by atoms with Crippen LogP contribution in [0.2, 0.25) is 0 Å². The largest absolute Gasteiger partial charge is 0.497 e. The van der Waals surface area contributed by atoms with E-state index in [9.17, 15) is 4.79 Å². The van der Waals surface area contributed by atoms with Crippen LogP contribution in [-0.4, -0.2) is 19.6 Å². The molecule has 0 saturated heterocycles. The minimum Gasteiger partial charge on any atom is -0.497 e. The van der Waals surface area contributed by atoms with E-state index in [0.29, 0.717) is 6.54 Å². The highest BCUT2D eigenvalue weighted by atomic mass is 16.5. The van der Waals surface area contributed by atoms with Gasteiger partial charge in [-0.05, 0) is 47.7 Å². The van der Waals surface area contributed by atoms with Crippen LogP contribution in [0.4, 0.5) is 0 Å². The maximum atomic E-state index is 11.8. The van der Waals surface area contributed by atoms with Crippen LogP contribution in [0, 0.1) is 5.92 Å². The fourth-order valence-electron chi connectivity index (χ4n) is 2.70. The van der Waals surface area contributed by atoms with Gasteiger partial charge in [-0.3, -0.25) is 4.79 Å². The Morgan fingerprint density at radius 2 is 2.00 bits per heavy atom. The number of amides is 1. The number of carbonyl (C=O) groups excluding carboxylic acids is 1. The maximum Gasteiger partial charge on any atom is 0.223 e. The Balaban J connectivity index is 1.62. The second-order valence-corrected chi connectivity index (χ2v) is 5.72. The SMILES string of the molecule is COc1ccc2ccc(CCNC(=O)C3CCC3)cc2c1. The van der Waals surface area contributed by atoms with Gasteiger partial charge in [0.1, 0.15) is 5.75 Å². The first kappa shape index (κ1) is 13.9. The zero-order chi connectivity index (χ0) is 14.7. The van der Waals surface area contributed by atoms with E-state index in [0.717, 1.165) is 25.0 Å². The third-order valence-electron chi connectivity index (χ3n) is 4.30. The molecule has 1 fully saturated rings. The van der Waals surface area contributed by atoms with Crippen molar-refractivity contribution in [3.05, 3.63) is 42.0 Å². The molecule has 0 atom stereocenters. The van der Waals surface area contributed by atoms with Crippen molar-refractivity contribution >= 4 is 16.7 Å². The van der Waals surface area contributed by atoms with Crippen molar-refractivity contribution in [3.63, 3.8) is 0 Å². The van der Waals surface area contributed by atoms with Crippen molar-refractivity contribution in [2.24, 2.45) is 5.92 Å². The second-order valence-electron chi connectivity index (χ2n) is 5.72. The lowest BCUT2D eigenvalue weighted by Crippen LogP contribution is -2.35. The van der Waals surface area contributed by atoms with Crippen LogP contribution >= 0.6 is 0 Å². The van der Waals surface area contributed by atoms with E-state index >= 15 is 0 Å². The van der Waals surface area contributed by atoms with Gasteiger partial charge in [-0.2, -0.15) is 0 Å². The molecule has 3 rings (SSSR count). The molecule has 3 heteroatoms. The number of rotatable bonds is 5. The molecule has 0 bridgehead atoms. The van der Waals surface area contributed by atoms with Crippen LogP contribution in [0.15, 0.2) is 36.4 Å². The number of methoxy groups -OCH3 is 1. The molecule has 0 radical (unpaired) electrons. The molecule has 1 N–H and O–H groups in total. The Morgan fingerprint density at radius 3 is 2.71 bits per heavy atom. The lowest BCUT2D eigenvalue weighted by Gasteiger charge is -2.24. The second kappa shape index (κ2) is 6.17. The van der Waals surface area contributed by atoms with Gasteiger partial charge in [0, 0.05) is 12.5 Å². The smallest absolute Gasteiger partial charge is 0.223 e. The summed E-state index contributed by atoms with van der Waals surface area (Å²) in [5.41, 5.74) is 1.24. The lowest BCUT2D eigenvalue weighted by atomic mass is 9.85. The van der Waals surface area contributed by atoms with E-state index in [1.54, 1.807) is 7.11 Å². The Morgan fingerprint density at radius 1 is 1.19 bits per heavy atom. The summed E-state index contributed by atoms with van der Waals surface area (Å²) in [6, 6.07) is 12.5. The third kappa shape index (κ3) is 3.18. The van der Waals surface area contributed by atoms with Crippen LogP contribution in [0.1, 0.15) is 24.8 Å². The topological polar surface area (TPSA) is 38.3 Å². The predicted octanol–water partition coefficient (Wildman–Crippen LogP) is 3.31. The Kier molecular flexibility index (Phi) is 4.09. The number of nitrogens with one attached hydrogen (secondary N) is 1. The number of fused-ring (bicyclic) bond motifs is 1. The molecule has 2 aromatic rings. The summed E-state index contributed by atoms with van der Waals surface area (Å²) in [6.45, 7) is 0.713. The van der Waals surface area contributed by atoms with E-state index in [-0.39, 0.29) is 11.8 Å². The lowest BCUT2D eigenvalue weighted by molar-refractivity contribution is -0.127. The van der Waals surface area contributed by atoms with Crippen molar-refractivity contribution in [2.45, 2.75) is 25.7 Å². The van der Waals surface area contributed by atoms with Gasteiger partial charge in [0.2, 0.25) is 5.91 Å². The van der Waals surface area contributed by atoms with Crippen LogP contribution in [0.5, 0.6) is 5.75 Å². The van der Waals surface area contributed by atoms with Gasteiger partial charge >= 0.3 is 0 Å². The summed E-state index contributed by atoms with van der Waals surface area (Å²) in [4.78, 5) is 11.8. The van der Waals surface area contributed by atoms with Gasteiger partial charge in [-0.25, -0.2) is 0 Å². The van der Waals surface area contributed by atoms with Gasteiger partial charge in [-0.15, -0.1) is 0 Å². The number of ether oxygens (including phenoxy) is 1. The Labute approximate surface area is 125 Å². The van der Waals surface area contributed by atoms with Crippen molar-refractivity contribution in [2.75, 3.05) is 13.7 Å². The minimum atomic E-state index is 0.226. The van der Waals surface area contributed by atoms with Gasteiger partial charge in [0.05, 0.1) is 7.11 Å². The fraction of sp³-hybridized carbons (Fsp3) is 0.389. The highest BCUT2D eigenvalue weighted by Gasteiger charge is 2.24. The van der Waals surface area contributed by atoms with Crippen LogP contribution < -0.4 is 10.1 Å². The molecule has 3 nitrogen and oxygen atoms in total. The first-order chi connectivity index (χ1) is 10.3. The van der Waals surface area contributed by atoms with Gasteiger partial charge in [-0.1, -0.05) is 30.7 Å².